The smallest absolute Gasteiger partial charge is 0.165 e. The Morgan fingerprint density at radius 2 is 1.50 bits per heavy atom. The molecule has 0 fully saturated rings. The second-order valence-electron chi connectivity index (χ2n) is 7.21. The summed E-state index contributed by atoms with van der Waals surface area (Å²) in [4.78, 5) is 13.1. The van der Waals surface area contributed by atoms with E-state index in [0.717, 1.165) is 17.7 Å². The van der Waals surface area contributed by atoms with Gasteiger partial charge in [-0.25, -0.2) is 0 Å². The third-order valence-electron chi connectivity index (χ3n) is 5.02. The van der Waals surface area contributed by atoms with Crippen molar-refractivity contribution in [2.24, 2.45) is 0 Å². The van der Waals surface area contributed by atoms with Gasteiger partial charge in [-0.15, -0.1) is 5.10 Å². The van der Waals surface area contributed by atoms with Gasteiger partial charge in [0, 0.05) is 12.0 Å². The fourth-order valence-electron chi connectivity index (χ4n) is 3.42. The van der Waals surface area contributed by atoms with Crippen LogP contribution in [0.3, 0.4) is 0 Å². The van der Waals surface area contributed by atoms with Gasteiger partial charge in [-0.2, -0.15) is 0 Å². The number of hydrogen-bond donors (Lipinski definition) is 1. The van der Waals surface area contributed by atoms with Crippen molar-refractivity contribution < 1.29 is 10.0 Å². The lowest BCUT2D eigenvalue weighted by Gasteiger charge is -2.04. The molecule has 0 radical (unpaired) electrons. The first-order valence-corrected chi connectivity index (χ1v) is 10.3. The summed E-state index contributed by atoms with van der Waals surface area (Å²) < 4.78 is 0. The average Bonchev–Trinajstić information content (AvgIpc) is 3.03. The highest BCUT2D eigenvalue weighted by Gasteiger charge is 2.14. The zero-order valence-corrected chi connectivity index (χ0v) is 16.1. The summed E-state index contributed by atoms with van der Waals surface area (Å²) in [6, 6.07) is 5.23. The molecule has 2 aromatic rings. The number of ketones is 1. The Morgan fingerprint density at radius 3 is 2.12 bits per heavy atom. The van der Waals surface area contributed by atoms with E-state index < -0.39 is 0 Å². The molecule has 0 aliphatic heterocycles. The number of Topliss-reactive ketones (excluding diaryl/α,β-unsaturated/α-hetero) is 1. The predicted molar refractivity (Wildman–Crippen MR) is 105 cm³/mol. The molecule has 144 valence electrons. The van der Waals surface area contributed by atoms with Crippen LogP contribution in [0.5, 0.6) is 0 Å². The molecule has 1 aromatic carbocycles. The molecule has 0 saturated carbocycles. The highest BCUT2D eigenvalue weighted by Crippen LogP contribution is 2.18. The van der Waals surface area contributed by atoms with Crippen LogP contribution >= 0.6 is 0 Å². The number of unbranched alkanes of at least 4 members (excludes halogenated alkanes) is 11. The van der Waals surface area contributed by atoms with Gasteiger partial charge >= 0.3 is 0 Å². The molecule has 1 aromatic heterocycles. The fourth-order valence-corrected chi connectivity index (χ4v) is 3.42. The number of aromatic nitrogens is 3. The topological polar surface area (TPSA) is 68.0 Å². The van der Waals surface area contributed by atoms with Crippen molar-refractivity contribution in [3.8, 4) is 0 Å². The van der Waals surface area contributed by atoms with E-state index in [1.807, 2.05) is 0 Å². The van der Waals surface area contributed by atoms with Crippen LogP contribution in [0.15, 0.2) is 18.2 Å². The molecule has 26 heavy (non-hydrogen) atoms. The maximum absolute atomic E-state index is 12.4. The number of rotatable bonds is 14. The normalized spacial score (nSPS) is 11.3. The maximum atomic E-state index is 12.4. The number of benzene rings is 1. The van der Waals surface area contributed by atoms with Crippen LogP contribution in [0, 0.1) is 0 Å². The minimum Gasteiger partial charge on any atom is -0.410 e. The van der Waals surface area contributed by atoms with Gasteiger partial charge < -0.3 is 5.21 Å². The van der Waals surface area contributed by atoms with Crippen molar-refractivity contribution in [3.63, 3.8) is 0 Å². The lowest BCUT2D eigenvalue weighted by Crippen LogP contribution is -2.00. The maximum Gasteiger partial charge on any atom is 0.165 e. The first-order valence-electron chi connectivity index (χ1n) is 10.3. The summed E-state index contributed by atoms with van der Waals surface area (Å²) in [6.07, 6.45) is 16.0. The molecule has 5 nitrogen and oxygen atoms in total. The zero-order valence-electron chi connectivity index (χ0n) is 16.1. The number of nitrogens with zero attached hydrogens (tertiary/aromatic N) is 3. The van der Waals surface area contributed by atoms with Gasteiger partial charge in [-0.3, -0.25) is 4.79 Å². The fraction of sp³-hybridized carbons (Fsp3) is 0.667. The monoisotopic (exact) mass is 359 g/mol. The van der Waals surface area contributed by atoms with Gasteiger partial charge in [0.15, 0.2) is 5.78 Å². The van der Waals surface area contributed by atoms with Crippen molar-refractivity contribution in [2.45, 2.75) is 90.4 Å². The molecular weight excluding hydrogens is 326 g/mol. The number of carbonyl (C=O) groups is 1. The summed E-state index contributed by atoms with van der Waals surface area (Å²) in [5, 5.41) is 17.0. The van der Waals surface area contributed by atoms with E-state index in [2.05, 4.69) is 17.2 Å². The van der Waals surface area contributed by atoms with Gasteiger partial charge in [0.2, 0.25) is 0 Å². The first-order chi connectivity index (χ1) is 12.7. The minimum atomic E-state index is 0.0863. The van der Waals surface area contributed by atoms with Crippen LogP contribution in [-0.4, -0.2) is 26.1 Å². The molecule has 0 unspecified atom stereocenters. The van der Waals surface area contributed by atoms with Gasteiger partial charge in [0.1, 0.15) is 11.0 Å². The highest BCUT2D eigenvalue weighted by molar-refractivity contribution is 6.05. The molecule has 0 bridgehead atoms. The van der Waals surface area contributed by atoms with Crippen molar-refractivity contribution in [1.82, 2.24) is 15.2 Å². The highest BCUT2D eigenvalue weighted by atomic mass is 16.5. The Balaban J connectivity index is 1.54. The van der Waals surface area contributed by atoms with Gasteiger partial charge in [0.05, 0.1) is 0 Å². The molecule has 0 amide bonds. The Bertz CT molecular complexity index is 666. The van der Waals surface area contributed by atoms with Crippen molar-refractivity contribution in [3.05, 3.63) is 23.8 Å². The van der Waals surface area contributed by atoms with Crippen LogP contribution < -0.4 is 0 Å². The number of fused-ring (bicyclic) bond motifs is 1. The van der Waals surface area contributed by atoms with Crippen molar-refractivity contribution in [1.29, 1.82) is 0 Å². The van der Waals surface area contributed by atoms with Crippen LogP contribution in [0.25, 0.3) is 11.0 Å². The van der Waals surface area contributed by atoms with Gasteiger partial charge in [-0.05, 0) is 23.8 Å². The molecule has 1 N–H and O–H groups in total. The molecule has 5 heteroatoms. The molecule has 2 rings (SSSR count). The van der Waals surface area contributed by atoms with Gasteiger partial charge in [-0.1, -0.05) is 88.5 Å². The van der Waals surface area contributed by atoms with Crippen LogP contribution in [0.4, 0.5) is 0 Å². The van der Waals surface area contributed by atoms with Crippen molar-refractivity contribution in [2.75, 3.05) is 0 Å². The lowest BCUT2D eigenvalue weighted by molar-refractivity contribution is 0.0980. The lowest BCUT2D eigenvalue weighted by atomic mass is 10.0. The number of carbonyl (C=O) groups excluding carboxylic acids is 1. The van der Waals surface area contributed by atoms with Gasteiger partial charge in [0.25, 0.3) is 0 Å². The standard InChI is InChI=1S/C21H33N3O2/c1-2-3-4-5-6-7-8-9-10-11-12-13-17-20(25)18-15-14-16-19-21(18)22-23-24(19)26/h14-16,26H,2-13,17H2,1H3. The second kappa shape index (κ2) is 11.7. The summed E-state index contributed by atoms with van der Waals surface area (Å²) in [7, 11) is 0. The van der Waals surface area contributed by atoms with E-state index in [4.69, 9.17) is 0 Å². The summed E-state index contributed by atoms with van der Waals surface area (Å²) in [5.41, 5.74) is 1.52. The molecule has 0 aliphatic rings. The van der Waals surface area contributed by atoms with Crippen LogP contribution in [0.1, 0.15) is 101 Å². The molecule has 0 aliphatic carbocycles. The van der Waals surface area contributed by atoms with E-state index in [9.17, 15) is 10.0 Å². The van der Waals surface area contributed by atoms with Crippen LogP contribution in [-0.2, 0) is 0 Å². The first kappa shape index (κ1) is 20.4. The van der Waals surface area contributed by atoms with E-state index in [-0.39, 0.29) is 5.78 Å². The largest absolute Gasteiger partial charge is 0.410 e. The third-order valence-corrected chi connectivity index (χ3v) is 5.02. The van der Waals surface area contributed by atoms with E-state index in [1.54, 1.807) is 18.2 Å². The quantitative estimate of drug-likeness (QED) is 0.257. The average molecular weight is 360 g/mol. The summed E-state index contributed by atoms with van der Waals surface area (Å²) in [5.74, 6) is 0.0863. The molecule has 0 spiro atoms. The van der Waals surface area contributed by atoms with E-state index in [1.165, 1.54) is 64.2 Å². The predicted octanol–water partition coefficient (Wildman–Crippen LogP) is 5.94. The van der Waals surface area contributed by atoms with Crippen molar-refractivity contribution >= 4 is 16.8 Å². The molecule has 1 heterocycles. The molecule has 0 atom stereocenters. The number of hydrogen-bond acceptors (Lipinski definition) is 4. The molecule has 0 saturated heterocycles. The van der Waals surface area contributed by atoms with E-state index in [0.29, 0.717) is 23.0 Å². The Kier molecular flexibility index (Phi) is 9.15. The second-order valence-corrected chi connectivity index (χ2v) is 7.21. The molecular formula is C21H33N3O2. The Morgan fingerprint density at radius 1 is 0.923 bits per heavy atom. The minimum absolute atomic E-state index is 0.0863. The summed E-state index contributed by atoms with van der Waals surface area (Å²) in [6.45, 7) is 2.26. The summed E-state index contributed by atoms with van der Waals surface area (Å²) >= 11 is 0. The SMILES string of the molecule is CCCCCCCCCCCCCCC(=O)c1cccc2c1nnn2O. The Hall–Kier alpha value is -1.91. The third kappa shape index (κ3) is 6.43. The van der Waals surface area contributed by atoms with E-state index >= 15 is 0 Å². The Labute approximate surface area is 156 Å². The van der Waals surface area contributed by atoms with Crippen LogP contribution in [0.2, 0.25) is 0 Å². The zero-order chi connectivity index (χ0) is 18.6.